The van der Waals surface area contributed by atoms with Crippen molar-refractivity contribution in [3.8, 4) is 6.01 Å². The number of alkyl halides is 3. The Hall–Kier alpha value is -3.45. The van der Waals surface area contributed by atoms with Crippen LogP contribution in [-0.2, 0) is 10.9 Å². The van der Waals surface area contributed by atoms with Crippen LogP contribution in [0.25, 0.3) is 17.2 Å². The normalized spacial score (nSPS) is 21.0. The standard InChI is InChI=1S/C28H34F5N5O3/c1-14-5-8-35-9-10-36-25-20(17(4)41-14)24(37-26(38-25)40-13-27(12-39)6-7-27)23(30)15(2)18-11-19(34)22(29)16(3)21(18)28(31,32)33/h11,14,35,39H,2,5-10,12-13,34H2,1,3-4H3,(H,36,37,38)/b20-17-,24-23-. The molecule has 1 unspecified atom stereocenters. The highest BCUT2D eigenvalue weighted by Gasteiger charge is 2.43. The first kappa shape index (κ1) is 30.5. The van der Waals surface area contributed by atoms with Gasteiger partial charge in [-0.05, 0) is 63.8 Å². The summed E-state index contributed by atoms with van der Waals surface area (Å²) in [5.41, 5.74) is 1.01. The van der Waals surface area contributed by atoms with Gasteiger partial charge in [-0.1, -0.05) is 6.58 Å². The van der Waals surface area contributed by atoms with Gasteiger partial charge in [-0.15, -0.1) is 0 Å². The van der Waals surface area contributed by atoms with Crippen LogP contribution in [0, 0.1) is 18.2 Å². The first-order valence-corrected chi connectivity index (χ1v) is 13.3. The Kier molecular flexibility index (Phi) is 8.78. The fourth-order valence-corrected chi connectivity index (χ4v) is 4.67. The first-order valence-electron chi connectivity index (χ1n) is 13.3. The molecule has 0 amide bonds. The summed E-state index contributed by atoms with van der Waals surface area (Å²) in [7, 11) is 0. The maximum atomic E-state index is 16.5. The van der Waals surface area contributed by atoms with Crippen molar-refractivity contribution in [2.45, 2.75) is 52.3 Å². The van der Waals surface area contributed by atoms with E-state index in [4.69, 9.17) is 15.2 Å². The number of nitrogens with zero attached hydrogens (tertiary/aromatic N) is 2. The third kappa shape index (κ3) is 6.56. The van der Waals surface area contributed by atoms with E-state index in [0.29, 0.717) is 32.1 Å². The van der Waals surface area contributed by atoms with Crippen LogP contribution in [0.4, 0.5) is 33.5 Å². The Balaban J connectivity index is 1.99. The molecule has 2 aliphatic rings. The van der Waals surface area contributed by atoms with E-state index < -0.39 is 56.5 Å². The summed E-state index contributed by atoms with van der Waals surface area (Å²) in [4.78, 5) is 8.66. The number of allylic oxidation sites excluding steroid dienone is 1. The molecule has 8 nitrogen and oxygen atoms in total. The average Bonchev–Trinajstić information content (AvgIpc) is 3.70. The summed E-state index contributed by atoms with van der Waals surface area (Å²) < 4.78 is 84.9. The first-order chi connectivity index (χ1) is 19.3. The van der Waals surface area contributed by atoms with Gasteiger partial charge in [0.15, 0.2) is 5.83 Å². The molecule has 1 aromatic heterocycles. The Morgan fingerprint density at radius 2 is 1.95 bits per heavy atom. The van der Waals surface area contributed by atoms with Gasteiger partial charge in [-0.25, -0.2) is 8.78 Å². The predicted octanol–water partition coefficient (Wildman–Crippen LogP) is 3.41. The Labute approximate surface area is 234 Å². The van der Waals surface area contributed by atoms with Crippen LogP contribution in [-0.4, -0.2) is 54.0 Å². The van der Waals surface area contributed by atoms with Crippen LogP contribution < -0.4 is 31.7 Å². The topological polar surface area (TPSA) is 115 Å². The number of aliphatic hydroxyl groups excluding tert-OH is 1. The predicted molar refractivity (Wildman–Crippen MR) is 145 cm³/mol. The summed E-state index contributed by atoms with van der Waals surface area (Å²) in [5, 5.41) is 15.7. The number of ether oxygens (including phenoxy) is 2. The minimum Gasteiger partial charge on any atom is -0.494 e. The van der Waals surface area contributed by atoms with Crippen molar-refractivity contribution in [2.75, 3.05) is 43.9 Å². The Morgan fingerprint density at radius 1 is 1.24 bits per heavy atom. The monoisotopic (exact) mass is 583 g/mol. The van der Waals surface area contributed by atoms with Gasteiger partial charge in [0.1, 0.15) is 22.7 Å². The molecule has 41 heavy (non-hydrogen) atoms. The number of anilines is 2. The fraction of sp³-hybridized carbons (Fsp3) is 0.500. The van der Waals surface area contributed by atoms with Crippen LogP contribution >= 0.6 is 0 Å². The lowest BCUT2D eigenvalue weighted by molar-refractivity contribution is -0.138. The lowest BCUT2D eigenvalue weighted by Crippen LogP contribution is -2.38. The van der Waals surface area contributed by atoms with Crippen molar-refractivity contribution >= 4 is 28.7 Å². The number of nitrogen functional groups attached to an aromatic ring is 1. The number of nitrogens with two attached hydrogens (primary N) is 1. The molecule has 0 bridgehead atoms. The molecular formula is C28H34F5N5O3. The minimum atomic E-state index is -5.03. The molecule has 1 fully saturated rings. The van der Waals surface area contributed by atoms with Gasteiger partial charge in [0.05, 0.1) is 35.8 Å². The highest BCUT2D eigenvalue weighted by atomic mass is 19.4. The van der Waals surface area contributed by atoms with Crippen molar-refractivity contribution in [2.24, 2.45) is 5.41 Å². The molecule has 13 heteroatoms. The van der Waals surface area contributed by atoms with Crippen LogP contribution in [0.15, 0.2) is 12.6 Å². The van der Waals surface area contributed by atoms with Gasteiger partial charge >= 0.3 is 12.2 Å². The Morgan fingerprint density at radius 3 is 2.59 bits per heavy atom. The zero-order valence-corrected chi connectivity index (χ0v) is 23.1. The minimum absolute atomic E-state index is 0.0635. The van der Waals surface area contributed by atoms with E-state index in [1.165, 1.54) is 0 Å². The van der Waals surface area contributed by atoms with E-state index in [0.717, 1.165) is 19.8 Å². The lowest BCUT2D eigenvalue weighted by Gasteiger charge is -2.19. The molecule has 4 rings (SSSR count). The van der Waals surface area contributed by atoms with Crippen LogP contribution in [0.2, 0.25) is 0 Å². The van der Waals surface area contributed by atoms with Crippen LogP contribution in [0.3, 0.4) is 0 Å². The number of aromatic nitrogens is 2. The highest BCUT2D eigenvalue weighted by molar-refractivity contribution is 5.95. The average molecular weight is 584 g/mol. The molecule has 0 radical (unpaired) electrons. The molecule has 0 saturated heterocycles. The molecule has 224 valence electrons. The number of halogens is 5. The third-order valence-electron chi connectivity index (χ3n) is 7.35. The summed E-state index contributed by atoms with van der Waals surface area (Å²) in [6, 6.07) is 0.467. The molecule has 1 aliphatic carbocycles. The fourth-order valence-electron chi connectivity index (χ4n) is 4.67. The zero-order chi connectivity index (χ0) is 30.1. The van der Waals surface area contributed by atoms with Crippen molar-refractivity contribution in [1.29, 1.82) is 0 Å². The summed E-state index contributed by atoms with van der Waals surface area (Å²) in [5.74, 6) is -2.10. The largest absolute Gasteiger partial charge is 0.494 e. The number of benzene rings is 1. The molecule has 1 atom stereocenters. The molecule has 0 spiro atoms. The molecule has 1 aliphatic heterocycles. The van der Waals surface area contributed by atoms with Gasteiger partial charge in [-0.3, -0.25) is 0 Å². The number of hydrogen-bond acceptors (Lipinski definition) is 8. The Bertz CT molecular complexity index is 1460. The van der Waals surface area contributed by atoms with E-state index in [1.54, 1.807) is 6.92 Å². The lowest BCUT2D eigenvalue weighted by atomic mass is 9.94. The molecule has 1 aromatic carbocycles. The summed E-state index contributed by atoms with van der Waals surface area (Å²) in [6.07, 6.45) is -3.23. The maximum Gasteiger partial charge on any atom is 0.417 e. The second kappa shape index (κ2) is 11.8. The van der Waals surface area contributed by atoms with Crippen LogP contribution in [0.1, 0.15) is 49.8 Å². The van der Waals surface area contributed by atoms with Gasteiger partial charge in [-0.2, -0.15) is 23.1 Å². The summed E-state index contributed by atoms with van der Waals surface area (Å²) in [6.45, 7) is 9.45. The molecule has 5 N–H and O–H groups in total. The van der Waals surface area contributed by atoms with E-state index in [1.807, 2.05) is 6.92 Å². The smallest absolute Gasteiger partial charge is 0.417 e. The molecule has 2 aromatic rings. The van der Waals surface area contributed by atoms with Crippen molar-refractivity contribution in [3.05, 3.63) is 45.7 Å². The van der Waals surface area contributed by atoms with Crippen molar-refractivity contribution in [3.63, 3.8) is 0 Å². The van der Waals surface area contributed by atoms with Crippen LogP contribution in [0.5, 0.6) is 6.01 Å². The molecule has 1 saturated carbocycles. The number of aliphatic hydroxyl groups is 1. The third-order valence-corrected chi connectivity index (χ3v) is 7.35. The van der Waals surface area contributed by atoms with Crippen molar-refractivity contribution < 1.29 is 36.5 Å². The number of nitrogens with one attached hydrogen (secondary N) is 2. The molecular weight excluding hydrogens is 549 g/mol. The number of rotatable bonds is 6. The maximum absolute atomic E-state index is 16.5. The van der Waals surface area contributed by atoms with E-state index in [-0.39, 0.29) is 42.1 Å². The quantitative estimate of drug-likeness (QED) is 0.302. The van der Waals surface area contributed by atoms with Gasteiger partial charge < -0.3 is 30.9 Å². The number of hydrogen-bond donors (Lipinski definition) is 4. The second-order valence-corrected chi connectivity index (χ2v) is 10.6. The van der Waals surface area contributed by atoms with E-state index in [2.05, 4.69) is 27.2 Å². The van der Waals surface area contributed by atoms with Gasteiger partial charge in [0, 0.05) is 24.1 Å². The second-order valence-electron chi connectivity index (χ2n) is 10.6. The van der Waals surface area contributed by atoms with Gasteiger partial charge in [0.2, 0.25) is 0 Å². The van der Waals surface area contributed by atoms with Gasteiger partial charge in [0.25, 0.3) is 0 Å². The summed E-state index contributed by atoms with van der Waals surface area (Å²) >= 11 is 0. The molecule has 2 heterocycles. The highest BCUT2D eigenvalue weighted by Crippen LogP contribution is 2.45. The SMILES string of the molecule is C=C(/C(F)=c1/nc(OCC2(CO)CC2)nc2/c1=C(/C)OC(C)CCNCCN2)c1cc(N)c(F)c(C)c1C(F)(F)F. The number of fused-ring (bicyclic) bond motifs is 1. The zero-order valence-electron chi connectivity index (χ0n) is 23.1. The van der Waals surface area contributed by atoms with E-state index in [9.17, 15) is 22.7 Å². The van der Waals surface area contributed by atoms with Crippen molar-refractivity contribution in [1.82, 2.24) is 15.3 Å². The van der Waals surface area contributed by atoms with E-state index >= 15 is 4.39 Å².